The fraction of sp³-hybridized carbons (Fsp3) is 0.105. The van der Waals surface area contributed by atoms with Gasteiger partial charge in [0.2, 0.25) is 0 Å². The van der Waals surface area contributed by atoms with Crippen LogP contribution in [0.2, 0.25) is 0 Å². The van der Waals surface area contributed by atoms with Crippen LogP contribution in [0.25, 0.3) is 6.08 Å². The summed E-state index contributed by atoms with van der Waals surface area (Å²) >= 11 is 0. The summed E-state index contributed by atoms with van der Waals surface area (Å²) in [6.07, 6.45) is 4.07. The van der Waals surface area contributed by atoms with Crippen molar-refractivity contribution in [1.82, 2.24) is 0 Å². The fourth-order valence-electron chi connectivity index (χ4n) is 1.59. The highest BCUT2D eigenvalue weighted by Gasteiger charge is 1.98. The van der Waals surface area contributed by atoms with Crippen LogP contribution in [0.5, 0.6) is 0 Å². The molecule has 0 atom stereocenters. The summed E-state index contributed by atoms with van der Waals surface area (Å²) in [6.45, 7) is 0. The number of carbonyl (C=O) groups excluding carboxylic acids is 1. The molecule has 2 aromatic carbocycles. The highest BCUT2D eigenvalue weighted by molar-refractivity contribution is 6.32. The minimum atomic E-state index is 0.00225. The Bertz CT molecular complexity index is 709. The number of ketones is 1. The zero-order valence-corrected chi connectivity index (χ0v) is 12.6. The minimum absolute atomic E-state index is 0.00225. The third-order valence-corrected chi connectivity index (χ3v) is 2.77. The first-order valence-corrected chi connectivity index (χ1v) is 7.04. The van der Waals surface area contributed by atoms with Gasteiger partial charge in [0.1, 0.15) is 7.85 Å². The number of benzene rings is 2. The lowest BCUT2D eigenvalue weighted by Gasteiger charge is -1.96. The average molecular weight is 298 g/mol. The van der Waals surface area contributed by atoms with Crippen LogP contribution in [0, 0.1) is 22.7 Å². The van der Waals surface area contributed by atoms with E-state index in [1.54, 1.807) is 24.3 Å². The van der Waals surface area contributed by atoms with Crippen molar-refractivity contribution in [2.24, 2.45) is 0 Å². The summed E-state index contributed by atoms with van der Waals surface area (Å²) in [4.78, 5) is 11.8. The highest BCUT2D eigenvalue weighted by atomic mass is 16.1. The van der Waals surface area contributed by atoms with E-state index in [1.165, 1.54) is 0 Å². The molecular weight excluding hydrogens is 283 g/mol. The molecule has 3 nitrogen and oxygen atoms in total. The van der Waals surface area contributed by atoms with Gasteiger partial charge in [-0.3, -0.25) is 4.79 Å². The summed E-state index contributed by atoms with van der Waals surface area (Å²) in [6, 6.07) is 20.3. The topological polar surface area (TPSA) is 64.7 Å². The molecule has 2 rings (SSSR count). The number of hydrogen-bond acceptors (Lipinski definition) is 3. The van der Waals surface area contributed by atoms with Gasteiger partial charge in [-0.15, -0.1) is 0 Å². The highest BCUT2D eigenvalue weighted by Crippen LogP contribution is 2.04. The predicted molar refractivity (Wildman–Crippen MR) is 92.1 cm³/mol. The molecule has 23 heavy (non-hydrogen) atoms. The van der Waals surface area contributed by atoms with Gasteiger partial charge < -0.3 is 0 Å². The number of hydrogen-bond donors (Lipinski definition) is 0. The van der Waals surface area contributed by atoms with Crippen molar-refractivity contribution in [3.05, 3.63) is 71.8 Å². The van der Waals surface area contributed by atoms with Crippen molar-refractivity contribution in [3.8, 4) is 12.1 Å². The van der Waals surface area contributed by atoms with Crippen molar-refractivity contribution in [2.75, 3.05) is 0 Å². The molecule has 0 saturated heterocycles. The number of unbranched alkanes of at least 4 members (excludes halogenated alkanes) is 1. The molecular formula is C19H15BN2O. The smallest absolute Gasteiger partial charge is 0.185 e. The van der Waals surface area contributed by atoms with Gasteiger partial charge in [0.25, 0.3) is 0 Å². The SMILES string of the molecule is N#CCCC#N.[B]c1ccc(/C=C/C(=O)c2ccccc2)cc1. The summed E-state index contributed by atoms with van der Waals surface area (Å²) in [7, 11) is 5.58. The van der Waals surface area contributed by atoms with E-state index >= 15 is 0 Å². The van der Waals surface area contributed by atoms with Gasteiger partial charge in [-0.05, 0) is 11.6 Å². The van der Waals surface area contributed by atoms with Gasteiger partial charge in [0, 0.05) is 18.4 Å². The number of allylic oxidation sites excluding steroid dienone is 1. The van der Waals surface area contributed by atoms with E-state index in [0.717, 1.165) is 11.0 Å². The maximum atomic E-state index is 11.8. The minimum Gasteiger partial charge on any atom is -0.289 e. The van der Waals surface area contributed by atoms with E-state index < -0.39 is 0 Å². The van der Waals surface area contributed by atoms with Crippen LogP contribution in [0.15, 0.2) is 60.7 Å². The molecule has 0 aliphatic heterocycles. The molecule has 4 heteroatoms. The quantitative estimate of drug-likeness (QED) is 0.377. The van der Waals surface area contributed by atoms with E-state index in [-0.39, 0.29) is 5.78 Å². The van der Waals surface area contributed by atoms with Crippen LogP contribution in [0.1, 0.15) is 28.8 Å². The van der Waals surface area contributed by atoms with Crippen molar-refractivity contribution in [3.63, 3.8) is 0 Å². The van der Waals surface area contributed by atoms with Crippen LogP contribution in [0.4, 0.5) is 0 Å². The number of carbonyl (C=O) groups is 1. The molecule has 0 N–H and O–H groups in total. The Labute approximate surface area is 137 Å². The molecule has 0 aliphatic rings. The Hall–Kier alpha value is -3.11. The van der Waals surface area contributed by atoms with Crippen LogP contribution >= 0.6 is 0 Å². The molecule has 0 bridgehead atoms. The first kappa shape index (κ1) is 17.9. The van der Waals surface area contributed by atoms with Gasteiger partial charge in [-0.25, -0.2) is 0 Å². The molecule has 0 unspecified atom stereocenters. The van der Waals surface area contributed by atoms with Crippen LogP contribution in [-0.2, 0) is 0 Å². The number of nitriles is 2. The van der Waals surface area contributed by atoms with E-state index in [4.69, 9.17) is 18.4 Å². The second-order valence-corrected chi connectivity index (χ2v) is 4.55. The lowest BCUT2D eigenvalue weighted by Crippen LogP contribution is -1.99. The van der Waals surface area contributed by atoms with E-state index in [2.05, 4.69) is 0 Å². The molecule has 0 aromatic heterocycles. The number of nitrogens with zero attached hydrogens (tertiary/aromatic N) is 2. The number of rotatable bonds is 4. The van der Waals surface area contributed by atoms with Crippen LogP contribution in [-0.4, -0.2) is 13.6 Å². The molecule has 0 heterocycles. The average Bonchev–Trinajstić information content (AvgIpc) is 2.60. The third kappa shape index (κ3) is 7.46. The third-order valence-electron chi connectivity index (χ3n) is 2.77. The molecule has 2 radical (unpaired) electrons. The van der Waals surface area contributed by atoms with Gasteiger partial charge in [-0.2, -0.15) is 10.5 Å². The van der Waals surface area contributed by atoms with Crippen LogP contribution in [0.3, 0.4) is 0 Å². The monoisotopic (exact) mass is 298 g/mol. The Kier molecular flexibility index (Phi) is 8.27. The first-order valence-electron chi connectivity index (χ1n) is 7.04. The largest absolute Gasteiger partial charge is 0.289 e. The molecule has 0 fully saturated rings. The fourth-order valence-corrected chi connectivity index (χ4v) is 1.59. The van der Waals surface area contributed by atoms with E-state index in [1.807, 2.05) is 54.6 Å². The summed E-state index contributed by atoms with van der Waals surface area (Å²) < 4.78 is 0. The van der Waals surface area contributed by atoms with Gasteiger partial charge >= 0.3 is 0 Å². The Morgan fingerprint density at radius 3 is 2.04 bits per heavy atom. The summed E-state index contributed by atoms with van der Waals surface area (Å²) in [5.41, 5.74) is 2.37. The lowest BCUT2D eigenvalue weighted by atomic mass is 9.95. The van der Waals surface area contributed by atoms with Crippen molar-refractivity contribution in [1.29, 1.82) is 10.5 Å². The first-order chi connectivity index (χ1) is 11.2. The second kappa shape index (κ2) is 10.6. The Morgan fingerprint density at radius 1 is 0.957 bits per heavy atom. The molecule has 2 aromatic rings. The van der Waals surface area contributed by atoms with Gasteiger partial charge in [0.05, 0.1) is 12.1 Å². The molecule has 0 aliphatic carbocycles. The van der Waals surface area contributed by atoms with Gasteiger partial charge in [0.15, 0.2) is 5.78 Å². The molecule has 0 saturated carbocycles. The van der Waals surface area contributed by atoms with Gasteiger partial charge in [-0.1, -0.05) is 66.1 Å². The maximum absolute atomic E-state index is 11.8. The van der Waals surface area contributed by atoms with Crippen molar-refractivity contribution < 1.29 is 4.79 Å². The Morgan fingerprint density at radius 2 is 1.52 bits per heavy atom. The van der Waals surface area contributed by atoms with Crippen molar-refractivity contribution >= 4 is 25.2 Å². The van der Waals surface area contributed by atoms with Crippen LogP contribution < -0.4 is 5.46 Å². The zero-order chi connectivity index (χ0) is 16.9. The second-order valence-electron chi connectivity index (χ2n) is 4.55. The molecule has 0 amide bonds. The zero-order valence-electron chi connectivity index (χ0n) is 12.6. The van der Waals surface area contributed by atoms with E-state index in [9.17, 15) is 4.79 Å². The molecule has 0 spiro atoms. The standard InChI is InChI=1S/C15H11BO.C4H4N2/c16-14-9-6-12(7-10-14)8-11-15(17)13-4-2-1-3-5-13;5-3-1-2-4-6/h1-11H;1-2H2/b11-8+;. The summed E-state index contributed by atoms with van der Waals surface area (Å²) in [5, 5.41) is 15.6. The predicted octanol–water partition coefficient (Wildman–Crippen LogP) is 3.19. The normalized spacial score (nSPS) is 9.30. The maximum Gasteiger partial charge on any atom is 0.185 e. The van der Waals surface area contributed by atoms with Crippen molar-refractivity contribution in [2.45, 2.75) is 12.8 Å². The lowest BCUT2D eigenvalue weighted by molar-refractivity contribution is 0.104. The Balaban J connectivity index is 0.000000379. The van der Waals surface area contributed by atoms with E-state index in [0.29, 0.717) is 18.4 Å². The summed E-state index contributed by atoms with van der Waals surface area (Å²) in [5.74, 6) is 0.00225. The molecule has 110 valence electrons.